The molecular formula is C25H28N4O3. The van der Waals surface area contributed by atoms with E-state index < -0.39 is 34.8 Å². The summed E-state index contributed by atoms with van der Waals surface area (Å²) in [6, 6.07) is 17.0. The maximum absolute atomic E-state index is 14.1. The SMILES string of the molecule is CC(C)(C)N1C(=O)NC(=O)[C@@]2(Cc3ccccc3N3CCN(c4ccccc4)C[C@@H]32)C1=O. The van der Waals surface area contributed by atoms with Crippen molar-refractivity contribution in [1.82, 2.24) is 10.2 Å². The summed E-state index contributed by atoms with van der Waals surface area (Å²) in [4.78, 5) is 46.0. The molecule has 0 aliphatic carbocycles. The molecule has 7 heteroatoms. The van der Waals surface area contributed by atoms with E-state index in [-0.39, 0.29) is 6.42 Å². The molecule has 166 valence electrons. The number of nitrogens with zero attached hydrogens (tertiary/aromatic N) is 3. The molecule has 0 unspecified atom stereocenters. The lowest BCUT2D eigenvalue weighted by molar-refractivity contribution is -0.156. The van der Waals surface area contributed by atoms with E-state index in [0.717, 1.165) is 23.5 Å². The van der Waals surface area contributed by atoms with Crippen molar-refractivity contribution in [2.24, 2.45) is 5.41 Å². The third-order valence-electron chi connectivity index (χ3n) is 6.93. The van der Waals surface area contributed by atoms with E-state index in [1.807, 2.05) is 69.3 Å². The van der Waals surface area contributed by atoms with Gasteiger partial charge in [-0.3, -0.25) is 19.8 Å². The zero-order chi connectivity index (χ0) is 22.7. The smallest absolute Gasteiger partial charge is 0.331 e. The summed E-state index contributed by atoms with van der Waals surface area (Å²) in [5.41, 5.74) is 0.973. The summed E-state index contributed by atoms with van der Waals surface area (Å²) in [5.74, 6) is -0.898. The minimum atomic E-state index is -1.37. The molecule has 5 rings (SSSR count). The van der Waals surface area contributed by atoms with Gasteiger partial charge in [-0.1, -0.05) is 36.4 Å². The lowest BCUT2D eigenvalue weighted by Crippen LogP contribution is -2.77. The van der Waals surface area contributed by atoms with Gasteiger partial charge in [-0.05, 0) is 51.0 Å². The maximum Gasteiger partial charge on any atom is 0.331 e. The summed E-state index contributed by atoms with van der Waals surface area (Å²) in [5, 5.41) is 2.53. The topological polar surface area (TPSA) is 73.0 Å². The quantitative estimate of drug-likeness (QED) is 0.702. The summed E-state index contributed by atoms with van der Waals surface area (Å²) >= 11 is 0. The monoisotopic (exact) mass is 432 g/mol. The number of barbiturate groups is 1. The van der Waals surface area contributed by atoms with Crippen molar-refractivity contribution in [1.29, 1.82) is 0 Å². The van der Waals surface area contributed by atoms with E-state index in [0.29, 0.717) is 13.1 Å². The molecular weight excluding hydrogens is 404 g/mol. The fourth-order valence-electron chi connectivity index (χ4n) is 5.44. The second kappa shape index (κ2) is 7.08. The van der Waals surface area contributed by atoms with Gasteiger partial charge in [0.25, 0.3) is 0 Å². The van der Waals surface area contributed by atoms with Gasteiger partial charge in [0.05, 0.1) is 6.04 Å². The summed E-state index contributed by atoms with van der Waals surface area (Å²) in [6.45, 7) is 7.44. The molecule has 2 atom stereocenters. The first-order valence-electron chi connectivity index (χ1n) is 11.1. The van der Waals surface area contributed by atoms with Gasteiger partial charge in [0.1, 0.15) is 0 Å². The lowest BCUT2D eigenvalue weighted by Gasteiger charge is -2.56. The molecule has 2 aromatic carbocycles. The molecule has 3 aliphatic heterocycles. The van der Waals surface area contributed by atoms with Gasteiger partial charge in [-0.2, -0.15) is 0 Å². The Hall–Kier alpha value is -3.35. The van der Waals surface area contributed by atoms with Crippen molar-refractivity contribution in [2.75, 3.05) is 29.4 Å². The number of benzene rings is 2. The normalized spacial score (nSPS) is 25.5. The van der Waals surface area contributed by atoms with Crippen LogP contribution in [0.25, 0.3) is 0 Å². The largest absolute Gasteiger partial charge is 0.368 e. The van der Waals surface area contributed by atoms with Crippen molar-refractivity contribution in [3.8, 4) is 0 Å². The van der Waals surface area contributed by atoms with Crippen molar-refractivity contribution in [2.45, 2.75) is 38.8 Å². The van der Waals surface area contributed by atoms with Crippen LogP contribution in [-0.4, -0.2) is 54.0 Å². The Morgan fingerprint density at radius 3 is 2.34 bits per heavy atom. The number of para-hydroxylation sites is 2. The van der Waals surface area contributed by atoms with Crippen LogP contribution in [0.4, 0.5) is 16.2 Å². The Labute approximate surface area is 188 Å². The van der Waals surface area contributed by atoms with E-state index in [4.69, 9.17) is 0 Å². The van der Waals surface area contributed by atoms with E-state index in [9.17, 15) is 14.4 Å². The molecule has 0 radical (unpaired) electrons. The zero-order valence-electron chi connectivity index (χ0n) is 18.7. The van der Waals surface area contributed by atoms with Crippen molar-refractivity contribution >= 4 is 29.2 Å². The average Bonchev–Trinajstić information content (AvgIpc) is 2.76. The van der Waals surface area contributed by atoms with Crippen LogP contribution in [0, 0.1) is 5.41 Å². The molecule has 0 saturated carbocycles. The molecule has 1 N–H and O–H groups in total. The number of nitrogens with one attached hydrogen (secondary N) is 1. The Balaban J connectivity index is 1.65. The first-order chi connectivity index (χ1) is 15.2. The second-order valence-electron chi connectivity index (χ2n) is 9.84. The van der Waals surface area contributed by atoms with E-state index >= 15 is 0 Å². The highest BCUT2D eigenvalue weighted by molar-refractivity contribution is 6.20. The number of piperazine rings is 1. The Morgan fingerprint density at radius 1 is 0.938 bits per heavy atom. The van der Waals surface area contributed by atoms with Gasteiger partial charge in [0, 0.05) is 36.5 Å². The Morgan fingerprint density at radius 2 is 1.62 bits per heavy atom. The van der Waals surface area contributed by atoms with Crippen LogP contribution in [0.2, 0.25) is 0 Å². The van der Waals surface area contributed by atoms with Gasteiger partial charge >= 0.3 is 6.03 Å². The number of carbonyl (C=O) groups excluding carboxylic acids is 3. The lowest BCUT2D eigenvalue weighted by atomic mass is 9.67. The number of imide groups is 2. The highest BCUT2D eigenvalue weighted by Crippen LogP contribution is 2.46. The minimum absolute atomic E-state index is 0.275. The van der Waals surface area contributed by atoms with Crippen molar-refractivity contribution < 1.29 is 14.4 Å². The Bertz CT molecular complexity index is 1090. The Kier molecular flexibility index (Phi) is 4.55. The third-order valence-corrected chi connectivity index (χ3v) is 6.93. The number of amides is 4. The summed E-state index contributed by atoms with van der Waals surface area (Å²) < 4.78 is 0. The van der Waals surface area contributed by atoms with Crippen LogP contribution in [0.3, 0.4) is 0 Å². The van der Waals surface area contributed by atoms with Gasteiger partial charge < -0.3 is 9.80 Å². The predicted molar refractivity (Wildman–Crippen MR) is 123 cm³/mol. The predicted octanol–water partition coefficient (Wildman–Crippen LogP) is 2.80. The highest BCUT2D eigenvalue weighted by atomic mass is 16.2. The number of hydrogen-bond donors (Lipinski definition) is 1. The van der Waals surface area contributed by atoms with E-state index in [1.165, 1.54) is 4.90 Å². The molecule has 0 bridgehead atoms. The van der Waals surface area contributed by atoms with Crippen LogP contribution in [0.5, 0.6) is 0 Å². The van der Waals surface area contributed by atoms with Crippen LogP contribution < -0.4 is 15.1 Å². The van der Waals surface area contributed by atoms with Gasteiger partial charge in [-0.25, -0.2) is 4.79 Å². The van der Waals surface area contributed by atoms with Crippen molar-refractivity contribution in [3.05, 3.63) is 60.2 Å². The molecule has 4 amide bonds. The first kappa shape index (κ1) is 20.5. The van der Waals surface area contributed by atoms with E-state index in [1.54, 1.807) is 0 Å². The van der Waals surface area contributed by atoms with E-state index in [2.05, 4.69) is 21.2 Å². The molecule has 2 aromatic rings. The number of anilines is 2. The minimum Gasteiger partial charge on any atom is -0.368 e. The molecule has 2 fully saturated rings. The fraction of sp³-hybridized carbons (Fsp3) is 0.400. The van der Waals surface area contributed by atoms with Crippen LogP contribution >= 0.6 is 0 Å². The standard InChI is InChI=1S/C25H28N4O3/c1-24(2,3)29-22(31)25(21(30)26-23(29)32)15-17-9-7-8-12-19(17)28-14-13-27(16-20(25)28)18-10-5-4-6-11-18/h4-12,20H,13-16H2,1-3H3,(H,26,30,32)/t20-,25+/m1/s1. The van der Waals surface area contributed by atoms with Crippen LogP contribution in [0.15, 0.2) is 54.6 Å². The number of fused-ring (bicyclic) bond motifs is 4. The molecule has 3 heterocycles. The van der Waals surface area contributed by atoms with Gasteiger partial charge in [-0.15, -0.1) is 0 Å². The number of urea groups is 1. The first-order valence-corrected chi connectivity index (χ1v) is 11.1. The fourth-order valence-corrected chi connectivity index (χ4v) is 5.44. The molecule has 3 aliphatic rings. The number of hydrogen-bond acceptors (Lipinski definition) is 5. The zero-order valence-corrected chi connectivity index (χ0v) is 18.7. The van der Waals surface area contributed by atoms with Crippen LogP contribution in [0.1, 0.15) is 26.3 Å². The van der Waals surface area contributed by atoms with Gasteiger partial charge in [0.15, 0.2) is 5.41 Å². The second-order valence-corrected chi connectivity index (χ2v) is 9.84. The molecule has 0 aromatic heterocycles. The van der Waals surface area contributed by atoms with Crippen molar-refractivity contribution in [3.63, 3.8) is 0 Å². The molecule has 1 spiro atoms. The molecule has 2 saturated heterocycles. The highest BCUT2D eigenvalue weighted by Gasteiger charge is 2.64. The molecule has 32 heavy (non-hydrogen) atoms. The average molecular weight is 433 g/mol. The van der Waals surface area contributed by atoms with Gasteiger partial charge in [0.2, 0.25) is 11.8 Å². The molecule has 7 nitrogen and oxygen atoms in total. The number of rotatable bonds is 1. The summed E-state index contributed by atoms with van der Waals surface area (Å²) in [6.07, 6.45) is 0.275. The third kappa shape index (κ3) is 2.91. The summed E-state index contributed by atoms with van der Waals surface area (Å²) in [7, 11) is 0. The van der Waals surface area contributed by atoms with Crippen LogP contribution in [-0.2, 0) is 16.0 Å². The maximum atomic E-state index is 14.1. The number of carbonyl (C=O) groups is 3.